The lowest BCUT2D eigenvalue weighted by molar-refractivity contribution is 0.249. The Morgan fingerprint density at radius 3 is 2.68 bits per heavy atom. The fraction of sp³-hybridized carbons (Fsp3) is 0.400. The summed E-state index contributed by atoms with van der Waals surface area (Å²) in [4.78, 5) is 24.4. The number of aryl methyl sites for hydroxylation is 3. The molecule has 0 aliphatic carbocycles. The zero-order valence-electron chi connectivity index (χ0n) is 15.3. The van der Waals surface area contributed by atoms with E-state index in [0.717, 1.165) is 45.9 Å². The van der Waals surface area contributed by atoms with Crippen LogP contribution in [0.15, 0.2) is 35.1 Å². The number of aromatic nitrogens is 2. The van der Waals surface area contributed by atoms with E-state index >= 15 is 0 Å². The van der Waals surface area contributed by atoms with Crippen LogP contribution in [0.4, 0.5) is 0 Å². The van der Waals surface area contributed by atoms with Gasteiger partial charge in [-0.1, -0.05) is 30.3 Å². The molecule has 0 aliphatic heterocycles. The minimum atomic E-state index is -0.0219. The number of aromatic amines is 1. The molecule has 0 bridgehead atoms. The van der Waals surface area contributed by atoms with Crippen molar-refractivity contribution >= 4 is 21.6 Å². The van der Waals surface area contributed by atoms with Gasteiger partial charge in [-0.15, -0.1) is 11.3 Å². The molecule has 1 atom stereocenters. The summed E-state index contributed by atoms with van der Waals surface area (Å²) < 4.78 is 0. The molecule has 0 radical (unpaired) electrons. The molecule has 3 rings (SSSR count). The van der Waals surface area contributed by atoms with Gasteiger partial charge in [-0.2, -0.15) is 0 Å². The van der Waals surface area contributed by atoms with Crippen LogP contribution in [0.2, 0.25) is 0 Å². The summed E-state index contributed by atoms with van der Waals surface area (Å²) in [6.07, 6.45) is 2.14. The van der Waals surface area contributed by atoms with Gasteiger partial charge in [0, 0.05) is 4.88 Å². The average Bonchev–Trinajstić information content (AvgIpc) is 2.89. The van der Waals surface area contributed by atoms with E-state index in [1.807, 2.05) is 19.9 Å². The summed E-state index contributed by atoms with van der Waals surface area (Å²) in [5.74, 6) is 0.751. The summed E-state index contributed by atoms with van der Waals surface area (Å²) in [6, 6.07) is 10.6. The predicted octanol–water partition coefficient (Wildman–Crippen LogP) is 4.23. The van der Waals surface area contributed by atoms with E-state index in [4.69, 9.17) is 4.98 Å². The van der Waals surface area contributed by atoms with Gasteiger partial charge in [0.05, 0.1) is 11.4 Å². The molecular formula is C20H25N3OS. The van der Waals surface area contributed by atoms with Crippen LogP contribution in [-0.4, -0.2) is 28.5 Å². The van der Waals surface area contributed by atoms with Crippen LogP contribution >= 0.6 is 11.3 Å². The van der Waals surface area contributed by atoms with Gasteiger partial charge in [0.15, 0.2) is 0 Å². The fourth-order valence-corrected chi connectivity index (χ4v) is 4.09. The van der Waals surface area contributed by atoms with Crippen LogP contribution in [0, 0.1) is 13.8 Å². The number of hydrogen-bond acceptors (Lipinski definition) is 4. The molecule has 25 heavy (non-hydrogen) atoms. The maximum atomic E-state index is 12.5. The molecule has 3 aromatic rings. The van der Waals surface area contributed by atoms with Crippen LogP contribution < -0.4 is 5.56 Å². The van der Waals surface area contributed by atoms with Crippen LogP contribution in [0.25, 0.3) is 10.2 Å². The third-order valence-electron chi connectivity index (χ3n) is 4.93. The van der Waals surface area contributed by atoms with Crippen molar-refractivity contribution in [3.63, 3.8) is 0 Å². The molecule has 132 valence electrons. The van der Waals surface area contributed by atoms with Crippen molar-refractivity contribution in [1.29, 1.82) is 0 Å². The molecule has 0 amide bonds. The lowest BCUT2D eigenvalue weighted by Crippen LogP contribution is -2.27. The quantitative estimate of drug-likeness (QED) is 0.720. The van der Waals surface area contributed by atoms with Crippen LogP contribution in [0.1, 0.15) is 41.2 Å². The smallest absolute Gasteiger partial charge is 0.259 e. The molecule has 0 aliphatic rings. The highest BCUT2D eigenvalue weighted by Crippen LogP contribution is 2.27. The molecule has 1 unspecified atom stereocenters. The van der Waals surface area contributed by atoms with Gasteiger partial charge >= 0.3 is 0 Å². The van der Waals surface area contributed by atoms with Crippen molar-refractivity contribution in [2.24, 2.45) is 0 Å². The van der Waals surface area contributed by atoms with Crippen LogP contribution in [0.3, 0.4) is 0 Å². The van der Waals surface area contributed by atoms with Gasteiger partial charge in [-0.05, 0) is 58.3 Å². The van der Waals surface area contributed by atoms with Gasteiger partial charge in [0.25, 0.3) is 5.56 Å². The minimum absolute atomic E-state index is 0.0219. The fourth-order valence-electron chi connectivity index (χ4n) is 3.05. The molecule has 0 saturated heterocycles. The lowest BCUT2D eigenvalue weighted by Gasteiger charge is -2.23. The van der Waals surface area contributed by atoms with Crippen molar-refractivity contribution < 1.29 is 0 Å². The third-order valence-corrected chi connectivity index (χ3v) is 6.03. The standard InChI is InChI=1S/C20H25N3OS/c1-13-15(3)25-20-17(13)19(24)21-18(22-20)14(2)23(4)12-8-11-16-9-6-5-7-10-16/h5-7,9-10,14H,8,11-12H2,1-4H3,(H,21,22,24). The first-order valence-electron chi connectivity index (χ1n) is 8.71. The number of rotatable bonds is 6. The summed E-state index contributed by atoms with van der Waals surface area (Å²) >= 11 is 1.60. The second-order valence-corrected chi connectivity index (χ2v) is 7.86. The number of fused-ring (bicyclic) bond motifs is 1. The molecule has 0 fully saturated rings. The molecule has 0 spiro atoms. The van der Waals surface area contributed by atoms with E-state index in [0.29, 0.717) is 0 Å². The molecule has 2 heterocycles. The van der Waals surface area contributed by atoms with Crippen molar-refractivity contribution in [3.8, 4) is 0 Å². The van der Waals surface area contributed by atoms with E-state index in [1.54, 1.807) is 11.3 Å². The SMILES string of the molecule is Cc1sc2nc(C(C)N(C)CCCc3ccccc3)[nH]c(=O)c2c1C. The Bertz CT molecular complexity index is 914. The van der Waals surface area contributed by atoms with E-state index in [9.17, 15) is 4.79 Å². The second-order valence-electron chi connectivity index (χ2n) is 6.66. The highest BCUT2D eigenvalue weighted by atomic mass is 32.1. The third kappa shape index (κ3) is 3.83. The molecule has 2 aromatic heterocycles. The molecule has 0 saturated carbocycles. The number of hydrogen-bond donors (Lipinski definition) is 1. The number of benzene rings is 1. The molecule has 1 aromatic carbocycles. The highest BCUT2D eigenvalue weighted by Gasteiger charge is 2.17. The Balaban J connectivity index is 1.70. The Labute approximate surface area is 152 Å². The molecule has 5 heteroatoms. The van der Waals surface area contributed by atoms with Crippen molar-refractivity contribution in [2.45, 2.75) is 39.7 Å². The molecule has 4 nitrogen and oxygen atoms in total. The van der Waals surface area contributed by atoms with E-state index in [2.05, 4.69) is 48.1 Å². The first kappa shape index (κ1) is 17.8. The highest BCUT2D eigenvalue weighted by molar-refractivity contribution is 7.18. The zero-order chi connectivity index (χ0) is 18.0. The van der Waals surface area contributed by atoms with Gasteiger partial charge in [0.2, 0.25) is 0 Å². The minimum Gasteiger partial charge on any atom is -0.309 e. The van der Waals surface area contributed by atoms with E-state index in [1.165, 1.54) is 5.56 Å². The average molecular weight is 356 g/mol. The largest absolute Gasteiger partial charge is 0.309 e. The first-order valence-corrected chi connectivity index (χ1v) is 9.53. The monoisotopic (exact) mass is 355 g/mol. The summed E-state index contributed by atoms with van der Waals surface area (Å²) in [5.41, 5.74) is 2.39. The lowest BCUT2D eigenvalue weighted by atomic mass is 10.1. The Morgan fingerprint density at radius 2 is 1.96 bits per heavy atom. The zero-order valence-corrected chi connectivity index (χ0v) is 16.1. The van der Waals surface area contributed by atoms with Gasteiger partial charge in [0.1, 0.15) is 10.7 Å². The van der Waals surface area contributed by atoms with Gasteiger partial charge in [-0.3, -0.25) is 9.69 Å². The Kier molecular flexibility index (Phi) is 5.35. The molecular weight excluding hydrogens is 330 g/mol. The maximum Gasteiger partial charge on any atom is 0.259 e. The Hall–Kier alpha value is -1.98. The number of nitrogens with zero attached hydrogens (tertiary/aromatic N) is 2. The van der Waals surface area contributed by atoms with Crippen molar-refractivity contribution in [3.05, 3.63) is 62.5 Å². The number of H-pyrrole nitrogens is 1. The number of nitrogens with one attached hydrogen (secondary N) is 1. The van der Waals surface area contributed by atoms with Gasteiger partial charge in [-0.25, -0.2) is 4.98 Å². The van der Waals surface area contributed by atoms with Crippen LogP contribution in [0.5, 0.6) is 0 Å². The number of thiophene rings is 1. The summed E-state index contributed by atoms with van der Waals surface area (Å²) in [5, 5.41) is 0.741. The topological polar surface area (TPSA) is 49.0 Å². The first-order chi connectivity index (χ1) is 12.0. The van der Waals surface area contributed by atoms with E-state index < -0.39 is 0 Å². The van der Waals surface area contributed by atoms with E-state index in [-0.39, 0.29) is 11.6 Å². The van der Waals surface area contributed by atoms with Crippen molar-refractivity contribution in [2.75, 3.05) is 13.6 Å². The van der Waals surface area contributed by atoms with Crippen LogP contribution in [-0.2, 0) is 6.42 Å². The second kappa shape index (κ2) is 7.50. The maximum absolute atomic E-state index is 12.5. The summed E-state index contributed by atoms with van der Waals surface area (Å²) in [7, 11) is 2.09. The van der Waals surface area contributed by atoms with Gasteiger partial charge < -0.3 is 4.98 Å². The molecule has 1 N–H and O–H groups in total. The predicted molar refractivity (Wildman–Crippen MR) is 106 cm³/mol. The van der Waals surface area contributed by atoms with Crippen molar-refractivity contribution in [1.82, 2.24) is 14.9 Å². The normalized spacial score (nSPS) is 12.8. The summed E-state index contributed by atoms with van der Waals surface area (Å²) in [6.45, 7) is 7.09. The Morgan fingerprint density at radius 1 is 1.24 bits per heavy atom.